The molecular formula is C16H32O4Si. The standard InChI is InChI=1S/C16H32O4Si/c1-5-9-13-21(14-10-6-2,19-15(17)11-7-3)20-16(18)12-8-4/h5-14H2,1-4H3. The van der Waals surface area contributed by atoms with Gasteiger partial charge in [-0.1, -0.05) is 40.5 Å². The van der Waals surface area contributed by atoms with Crippen LogP contribution in [0.1, 0.15) is 79.1 Å². The lowest BCUT2D eigenvalue weighted by molar-refractivity contribution is -0.141. The molecule has 124 valence electrons. The molecule has 0 spiro atoms. The molecule has 0 radical (unpaired) electrons. The summed E-state index contributed by atoms with van der Waals surface area (Å²) < 4.78 is 11.5. The highest BCUT2D eigenvalue weighted by molar-refractivity contribution is 6.70. The Morgan fingerprint density at radius 3 is 1.38 bits per heavy atom. The zero-order valence-corrected chi connectivity index (χ0v) is 15.2. The molecular weight excluding hydrogens is 284 g/mol. The van der Waals surface area contributed by atoms with Gasteiger partial charge in [-0.25, -0.2) is 0 Å². The lowest BCUT2D eigenvalue weighted by Crippen LogP contribution is -2.45. The van der Waals surface area contributed by atoms with Gasteiger partial charge in [0.2, 0.25) is 0 Å². The molecule has 0 unspecified atom stereocenters. The van der Waals surface area contributed by atoms with Gasteiger partial charge in [-0.05, 0) is 25.7 Å². The van der Waals surface area contributed by atoms with E-state index in [0.717, 1.165) is 50.6 Å². The van der Waals surface area contributed by atoms with Crippen molar-refractivity contribution < 1.29 is 18.4 Å². The number of rotatable bonds is 12. The van der Waals surface area contributed by atoms with E-state index in [1.807, 2.05) is 13.8 Å². The quantitative estimate of drug-likeness (QED) is 0.489. The maximum Gasteiger partial charge on any atom is 0.464 e. The summed E-state index contributed by atoms with van der Waals surface area (Å²) in [6.07, 6.45) is 6.22. The Labute approximate surface area is 130 Å². The van der Waals surface area contributed by atoms with Crippen LogP contribution in [-0.4, -0.2) is 20.5 Å². The van der Waals surface area contributed by atoms with Crippen LogP contribution in [0.4, 0.5) is 0 Å². The Morgan fingerprint density at radius 1 is 0.714 bits per heavy atom. The summed E-state index contributed by atoms with van der Waals surface area (Å²) in [5, 5.41) is 0. The van der Waals surface area contributed by atoms with E-state index >= 15 is 0 Å². The zero-order chi connectivity index (χ0) is 16.1. The molecule has 0 aromatic rings. The molecule has 0 atom stereocenters. The van der Waals surface area contributed by atoms with E-state index in [9.17, 15) is 9.59 Å². The van der Waals surface area contributed by atoms with Crippen molar-refractivity contribution in [2.75, 3.05) is 0 Å². The van der Waals surface area contributed by atoms with Crippen molar-refractivity contribution in [1.29, 1.82) is 0 Å². The minimum absolute atomic E-state index is 0.208. The first-order valence-corrected chi connectivity index (χ1v) is 10.7. The van der Waals surface area contributed by atoms with E-state index in [1.165, 1.54) is 0 Å². The Kier molecular flexibility index (Phi) is 11.3. The normalized spacial score (nSPS) is 11.2. The Morgan fingerprint density at radius 2 is 1.10 bits per heavy atom. The van der Waals surface area contributed by atoms with Gasteiger partial charge in [-0.3, -0.25) is 9.59 Å². The van der Waals surface area contributed by atoms with Gasteiger partial charge in [0.25, 0.3) is 11.9 Å². The fourth-order valence-corrected chi connectivity index (χ4v) is 5.69. The van der Waals surface area contributed by atoms with Crippen LogP contribution < -0.4 is 0 Å². The molecule has 0 saturated heterocycles. The summed E-state index contributed by atoms with van der Waals surface area (Å²) >= 11 is 0. The molecule has 21 heavy (non-hydrogen) atoms. The zero-order valence-electron chi connectivity index (χ0n) is 14.2. The minimum atomic E-state index is -2.74. The molecule has 0 heterocycles. The first-order chi connectivity index (χ1) is 10.0. The molecule has 0 fully saturated rings. The average Bonchev–Trinajstić information content (AvgIpc) is 2.43. The van der Waals surface area contributed by atoms with Crippen molar-refractivity contribution >= 4 is 20.5 Å². The second-order valence-corrected chi connectivity index (χ2v) is 8.80. The third-order valence-corrected chi connectivity index (χ3v) is 6.76. The maximum absolute atomic E-state index is 11.9. The summed E-state index contributed by atoms with van der Waals surface area (Å²) in [5.74, 6) is -0.415. The first kappa shape index (κ1) is 20.2. The van der Waals surface area contributed by atoms with E-state index < -0.39 is 8.56 Å². The fourth-order valence-electron chi connectivity index (χ4n) is 2.17. The third kappa shape index (κ3) is 8.91. The second-order valence-electron chi connectivity index (χ2n) is 5.57. The summed E-state index contributed by atoms with van der Waals surface area (Å²) in [6.45, 7) is 8.10. The summed E-state index contributed by atoms with van der Waals surface area (Å²) in [5.41, 5.74) is 0. The van der Waals surface area contributed by atoms with Gasteiger partial charge in [0, 0.05) is 24.9 Å². The van der Waals surface area contributed by atoms with Gasteiger partial charge in [0.05, 0.1) is 0 Å². The molecule has 0 aliphatic rings. The van der Waals surface area contributed by atoms with Gasteiger partial charge in [0.15, 0.2) is 0 Å². The molecule has 5 heteroatoms. The largest absolute Gasteiger partial charge is 0.485 e. The lowest BCUT2D eigenvalue weighted by Gasteiger charge is -2.30. The molecule has 0 bridgehead atoms. The fraction of sp³-hybridized carbons (Fsp3) is 0.875. The third-order valence-electron chi connectivity index (χ3n) is 3.33. The lowest BCUT2D eigenvalue weighted by atomic mass is 10.3. The summed E-state index contributed by atoms with van der Waals surface area (Å²) in [6, 6.07) is 1.46. The van der Waals surface area contributed by atoms with Crippen molar-refractivity contribution in [3.8, 4) is 0 Å². The van der Waals surface area contributed by atoms with Crippen molar-refractivity contribution in [1.82, 2.24) is 0 Å². The van der Waals surface area contributed by atoms with Gasteiger partial charge in [-0.15, -0.1) is 0 Å². The molecule has 0 aliphatic heterocycles. The van der Waals surface area contributed by atoms with Crippen LogP contribution in [0.15, 0.2) is 0 Å². The molecule has 0 rings (SSSR count). The highest BCUT2D eigenvalue weighted by Crippen LogP contribution is 2.26. The van der Waals surface area contributed by atoms with Crippen LogP contribution in [0.25, 0.3) is 0 Å². The number of carbonyl (C=O) groups excluding carboxylic acids is 2. The van der Waals surface area contributed by atoms with Crippen LogP contribution in [-0.2, 0) is 18.4 Å². The summed E-state index contributed by atoms with van der Waals surface area (Å²) in [7, 11) is -2.74. The molecule has 0 N–H and O–H groups in total. The maximum atomic E-state index is 11.9. The van der Waals surface area contributed by atoms with Crippen LogP contribution in [0.3, 0.4) is 0 Å². The van der Waals surface area contributed by atoms with Gasteiger partial charge >= 0.3 is 8.56 Å². The van der Waals surface area contributed by atoms with Crippen LogP contribution in [0, 0.1) is 0 Å². The van der Waals surface area contributed by atoms with Gasteiger partial charge < -0.3 is 8.85 Å². The van der Waals surface area contributed by atoms with Crippen molar-refractivity contribution in [3.05, 3.63) is 0 Å². The molecule has 0 aromatic heterocycles. The number of hydrogen-bond donors (Lipinski definition) is 0. The van der Waals surface area contributed by atoms with E-state index in [1.54, 1.807) is 0 Å². The molecule has 0 saturated carbocycles. The van der Waals surface area contributed by atoms with Crippen LogP contribution in [0.2, 0.25) is 12.1 Å². The molecule has 0 aliphatic carbocycles. The Bertz CT molecular complexity index is 275. The smallest absolute Gasteiger partial charge is 0.464 e. The number of carbonyl (C=O) groups is 2. The monoisotopic (exact) mass is 316 g/mol. The van der Waals surface area contributed by atoms with E-state index in [0.29, 0.717) is 12.8 Å². The first-order valence-electron chi connectivity index (χ1n) is 8.47. The van der Waals surface area contributed by atoms with Crippen molar-refractivity contribution in [3.63, 3.8) is 0 Å². The SMILES string of the molecule is CCCC[Si](CCCC)(OC(=O)CCC)OC(=O)CCC. The number of hydrogen-bond acceptors (Lipinski definition) is 4. The Hall–Kier alpha value is -0.843. The summed E-state index contributed by atoms with van der Waals surface area (Å²) in [4.78, 5) is 23.9. The minimum Gasteiger partial charge on any atom is -0.485 e. The van der Waals surface area contributed by atoms with Crippen LogP contribution in [0.5, 0.6) is 0 Å². The van der Waals surface area contributed by atoms with E-state index in [4.69, 9.17) is 8.85 Å². The highest BCUT2D eigenvalue weighted by Gasteiger charge is 2.43. The number of unbranched alkanes of at least 4 members (excludes halogenated alkanes) is 2. The topological polar surface area (TPSA) is 52.6 Å². The van der Waals surface area contributed by atoms with Crippen LogP contribution >= 0.6 is 0 Å². The van der Waals surface area contributed by atoms with E-state index in [2.05, 4.69) is 13.8 Å². The highest BCUT2D eigenvalue weighted by atomic mass is 28.4. The second kappa shape index (κ2) is 11.8. The van der Waals surface area contributed by atoms with Gasteiger partial charge in [0.1, 0.15) is 0 Å². The molecule has 0 aromatic carbocycles. The van der Waals surface area contributed by atoms with E-state index in [-0.39, 0.29) is 11.9 Å². The average molecular weight is 317 g/mol. The predicted octanol–water partition coefficient (Wildman–Crippen LogP) is 4.72. The predicted molar refractivity (Wildman–Crippen MR) is 87.2 cm³/mol. The van der Waals surface area contributed by atoms with Crippen molar-refractivity contribution in [2.24, 2.45) is 0 Å². The molecule has 4 nitrogen and oxygen atoms in total. The van der Waals surface area contributed by atoms with Gasteiger partial charge in [-0.2, -0.15) is 0 Å². The Balaban J connectivity index is 4.99. The van der Waals surface area contributed by atoms with Crippen molar-refractivity contribution in [2.45, 2.75) is 91.1 Å². The molecule has 0 amide bonds.